The van der Waals surface area contributed by atoms with E-state index in [4.69, 9.17) is 0 Å². The standard InChI is InChI=1S/C14H15F4NO2S/c1-9(8-22(2)21)19-13(20)12(15)7-10-3-5-11(6-4-10)14(16,17)18/h3-7,9H,8H2,1-2H3,(H,19,20)/b12-7-. The zero-order valence-electron chi connectivity index (χ0n) is 11.9. The Morgan fingerprint density at radius 2 is 1.86 bits per heavy atom. The third kappa shape index (κ3) is 5.97. The van der Waals surface area contributed by atoms with Gasteiger partial charge in [0.05, 0.1) is 5.56 Å². The molecular weight excluding hydrogens is 322 g/mol. The molecule has 1 aromatic rings. The minimum atomic E-state index is -4.47. The molecule has 0 heterocycles. The van der Waals surface area contributed by atoms with Crippen molar-refractivity contribution < 1.29 is 26.6 Å². The molecule has 1 aromatic carbocycles. The van der Waals surface area contributed by atoms with E-state index in [1.807, 2.05) is 0 Å². The maximum atomic E-state index is 13.7. The van der Waals surface area contributed by atoms with Crippen LogP contribution in [-0.4, -0.2) is 28.2 Å². The van der Waals surface area contributed by atoms with E-state index in [2.05, 4.69) is 5.32 Å². The number of hydrogen-bond donors (Lipinski definition) is 1. The average Bonchev–Trinajstić information content (AvgIpc) is 2.36. The topological polar surface area (TPSA) is 46.2 Å². The maximum Gasteiger partial charge on any atom is 0.416 e. The van der Waals surface area contributed by atoms with Gasteiger partial charge in [0.1, 0.15) is 0 Å². The first-order chi connectivity index (χ1) is 10.1. The van der Waals surface area contributed by atoms with Crippen molar-refractivity contribution in [3.63, 3.8) is 0 Å². The fraction of sp³-hybridized carbons (Fsp3) is 0.357. The van der Waals surface area contributed by atoms with Crippen molar-refractivity contribution in [2.24, 2.45) is 0 Å². The number of rotatable bonds is 5. The summed E-state index contributed by atoms with van der Waals surface area (Å²) < 4.78 is 61.8. The van der Waals surface area contributed by atoms with Gasteiger partial charge in [-0.15, -0.1) is 0 Å². The van der Waals surface area contributed by atoms with Crippen molar-refractivity contribution in [3.05, 3.63) is 41.2 Å². The molecular formula is C14H15F4NO2S. The van der Waals surface area contributed by atoms with Crippen LogP contribution in [0.25, 0.3) is 6.08 Å². The number of hydrogen-bond acceptors (Lipinski definition) is 2. The van der Waals surface area contributed by atoms with Gasteiger partial charge in [-0.3, -0.25) is 9.00 Å². The molecule has 0 bridgehead atoms. The summed E-state index contributed by atoms with van der Waals surface area (Å²) in [5, 5.41) is 2.31. The summed E-state index contributed by atoms with van der Waals surface area (Å²) in [5.41, 5.74) is -0.721. The largest absolute Gasteiger partial charge is 0.416 e. The Labute approximate surface area is 127 Å². The molecule has 2 atom stereocenters. The molecule has 0 saturated carbocycles. The predicted molar refractivity (Wildman–Crippen MR) is 77.1 cm³/mol. The van der Waals surface area contributed by atoms with Gasteiger partial charge in [0.15, 0.2) is 5.83 Å². The fourth-order valence-electron chi connectivity index (χ4n) is 1.67. The molecule has 0 spiro atoms. The second kappa shape index (κ2) is 7.53. The van der Waals surface area contributed by atoms with Gasteiger partial charge in [-0.2, -0.15) is 13.2 Å². The van der Waals surface area contributed by atoms with Crippen LogP contribution in [0, 0.1) is 0 Å². The van der Waals surface area contributed by atoms with Crippen molar-refractivity contribution in [3.8, 4) is 0 Å². The van der Waals surface area contributed by atoms with Crippen LogP contribution in [0.5, 0.6) is 0 Å². The monoisotopic (exact) mass is 337 g/mol. The van der Waals surface area contributed by atoms with Crippen LogP contribution in [0.2, 0.25) is 0 Å². The molecule has 0 aromatic heterocycles. The minimum absolute atomic E-state index is 0.132. The van der Waals surface area contributed by atoms with Gasteiger partial charge < -0.3 is 5.32 Å². The SMILES string of the molecule is CC(CS(C)=O)NC(=O)/C(F)=C/c1ccc(C(F)(F)F)cc1. The maximum absolute atomic E-state index is 13.7. The lowest BCUT2D eigenvalue weighted by Gasteiger charge is -2.11. The van der Waals surface area contributed by atoms with E-state index in [0.717, 1.165) is 30.3 Å². The molecule has 0 saturated heterocycles. The first-order valence-corrected chi connectivity index (χ1v) is 7.97. The van der Waals surface area contributed by atoms with E-state index < -0.39 is 40.3 Å². The number of benzene rings is 1. The van der Waals surface area contributed by atoms with Gasteiger partial charge in [-0.1, -0.05) is 12.1 Å². The van der Waals surface area contributed by atoms with Crippen LogP contribution in [0.3, 0.4) is 0 Å². The van der Waals surface area contributed by atoms with Crippen molar-refractivity contribution >= 4 is 22.8 Å². The van der Waals surface area contributed by atoms with E-state index in [1.54, 1.807) is 6.92 Å². The molecule has 3 nitrogen and oxygen atoms in total. The van der Waals surface area contributed by atoms with E-state index in [1.165, 1.54) is 6.26 Å². The van der Waals surface area contributed by atoms with Crippen molar-refractivity contribution in [2.45, 2.75) is 19.1 Å². The first kappa shape index (κ1) is 18.3. The lowest BCUT2D eigenvalue weighted by Crippen LogP contribution is -2.36. The summed E-state index contributed by atoms with van der Waals surface area (Å²) in [6, 6.07) is 3.27. The van der Waals surface area contributed by atoms with Gasteiger partial charge in [0.2, 0.25) is 0 Å². The summed E-state index contributed by atoms with van der Waals surface area (Å²) >= 11 is 0. The van der Waals surface area contributed by atoms with Crippen molar-refractivity contribution in [1.82, 2.24) is 5.32 Å². The lowest BCUT2D eigenvalue weighted by molar-refractivity contribution is -0.137. The van der Waals surface area contributed by atoms with Crippen LogP contribution in [0.1, 0.15) is 18.1 Å². The highest BCUT2D eigenvalue weighted by molar-refractivity contribution is 7.84. The van der Waals surface area contributed by atoms with Crippen LogP contribution in [0.15, 0.2) is 30.1 Å². The molecule has 0 aliphatic rings. The molecule has 1 N–H and O–H groups in total. The number of halogens is 4. The van der Waals surface area contributed by atoms with Crippen LogP contribution >= 0.6 is 0 Å². The quantitative estimate of drug-likeness (QED) is 0.663. The Morgan fingerprint density at radius 1 is 1.32 bits per heavy atom. The Hall–Kier alpha value is -1.70. The Kier molecular flexibility index (Phi) is 6.28. The second-order valence-corrected chi connectivity index (χ2v) is 6.21. The lowest BCUT2D eigenvalue weighted by atomic mass is 10.1. The molecule has 122 valence electrons. The molecule has 2 unspecified atom stereocenters. The number of carbonyl (C=O) groups excluding carboxylic acids is 1. The van der Waals surface area contributed by atoms with E-state index in [9.17, 15) is 26.6 Å². The molecule has 0 aliphatic heterocycles. The molecule has 0 aliphatic carbocycles. The molecule has 1 rings (SSSR count). The summed E-state index contributed by atoms with van der Waals surface area (Å²) in [4.78, 5) is 11.5. The smallest absolute Gasteiger partial charge is 0.347 e. The highest BCUT2D eigenvalue weighted by Gasteiger charge is 2.29. The first-order valence-electron chi connectivity index (χ1n) is 6.25. The Balaban J connectivity index is 2.75. The van der Waals surface area contributed by atoms with Crippen LogP contribution < -0.4 is 5.32 Å². The van der Waals surface area contributed by atoms with E-state index in [-0.39, 0.29) is 11.3 Å². The number of nitrogens with one attached hydrogen (secondary N) is 1. The summed E-state index contributed by atoms with van der Waals surface area (Å²) in [5.74, 6) is -1.95. The van der Waals surface area contributed by atoms with Gasteiger partial charge in [-0.25, -0.2) is 4.39 Å². The van der Waals surface area contributed by atoms with Crippen molar-refractivity contribution in [1.29, 1.82) is 0 Å². The Bertz CT molecular complexity index is 582. The summed E-state index contributed by atoms with van der Waals surface area (Å²) in [6.07, 6.45) is -2.18. The third-order valence-electron chi connectivity index (χ3n) is 2.61. The van der Waals surface area contributed by atoms with Gasteiger partial charge in [-0.05, 0) is 30.7 Å². The Morgan fingerprint density at radius 3 is 2.32 bits per heavy atom. The molecule has 0 radical (unpaired) electrons. The summed E-state index contributed by atoms with van der Waals surface area (Å²) in [6.45, 7) is 1.57. The highest BCUT2D eigenvalue weighted by atomic mass is 32.2. The normalized spacial score (nSPS) is 15.3. The average molecular weight is 337 g/mol. The number of alkyl halides is 3. The number of amides is 1. The zero-order chi connectivity index (χ0) is 16.9. The van der Waals surface area contributed by atoms with Gasteiger partial charge >= 0.3 is 6.18 Å². The third-order valence-corrected chi connectivity index (χ3v) is 3.58. The minimum Gasteiger partial charge on any atom is -0.347 e. The van der Waals surface area contributed by atoms with E-state index in [0.29, 0.717) is 0 Å². The number of carbonyl (C=O) groups is 1. The molecule has 0 fully saturated rings. The van der Waals surface area contributed by atoms with Crippen LogP contribution in [0.4, 0.5) is 17.6 Å². The van der Waals surface area contributed by atoms with Gasteiger partial charge in [0, 0.05) is 28.9 Å². The predicted octanol–water partition coefficient (Wildman–Crippen LogP) is 2.90. The van der Waals surface area contributed by atoms with Crippen molar-refractivity contribution in [2.75, 3.05) is 12.0 Å². The van der Waals surface area contributed by atoms with E-state index >= 15 is 0 Å². The van der Waals surface area contributed by atoms with Gasteiger partial charge in [0.25, 0.3) is 5.91 Å². The highest BCUT2D eigenvalue weighted by Crippen LogP contribution is 2.29. The second-order valence-electron chi connectivity index (χ2n) is 4.73. The van der Waals surface area contributed by atoms with Crippen LogP contribution in [-0.2, 0) is 21.8 Å². The summed E-state index contributed by atoms with van der Waals surface area (Å²) in [7, 11) is -1.14. The molecule has 8 heteroatoms. The molecule has 1 amide bonds. The zero-order valence-corrected chi connectivity index (χ0v) is 12.7. The fourth-order valence-corrected chi connectivity index (χ4v) is 2.45. The molecule has 22 heavy (non-hydrogen) atoms.